The number of primary amides is 1. The van der Waals surface area contributed by atoms with E-state index >= 15 is 0 Å². The second-order valence-electron chi connectivity index (χ2n) is 13.6. The van der Waals surface area contributed by atoms with Crippen LogP contribution in [0.1, 0.15) is 89.0 Å². The van der Waals surface area contributed by atoms with Gasteiger partial charge < -0.3 is 31.1 Å². The summed E-state index contributed by atoms with van der Waals surface area (Å²) in [7, 11) is 2.49. The number of amides is 3. The van der Waals surface area contributed by atoms with Crippen molar-refractivity contribution >= 4 is 45.1 Å². The summed E-state index contributed by atoms with van der Waals surface area (Å²) in [5.74, 6) is -2.40. The number of hydrogen-bond donors (Lipinski definition) is 5. The quantitative estimate of drug-likeness (QED) is 0.0311. The van der Waals surface area contributed by atoms with Gasteiger partial charge in [-0.3, -0.25) is 19.2 Å². The van der Waals surface area contributed by atoms with E-state index in [0.717, 1.165) is 44.1 Å². The van der Waals surface area contributed by atoms with Gasteiger partial charge in [0.15, 0.2) is 11.5 Å². The van der Waals surface area contributed by atoms with Crippen molar-refractivity contribution in [3.8, 4) is 11.3 Å². The van der Waals surface area contributed by atoms with Gasteiger partial charge in [0.2, 0.25) is 17.7 Å². The number of nitrogens with two attached hydrogens (primary N) is 1. The summed E-state index contributed by atoms with van der Waals surface area (Å²) in [5.41, 5.74) is 6.42. The number of carbonyl (C=O) groups excluding carboxylic acids is 4. The van der Waals surface area contributed by atoms with Crippen LogP contribution in [0.25, 0.3) is 11.3 Å². The van der Waals surface area contributed by atoms with E-state index in [9.17, 15) is 29.4 Å². The SMILES string of the molecule is CC/C=C\C/C=C\C/C=C\C/C=C\C/C=C\C/C=C\CCC(=O)N[C@@H](CSSC(C)(C)[C@H](CC(=O)c1cc(-c2ccccc2)on1)C(=O)NC(CO)CO)C(N)=O. The number of allylic oxidation sites excluding steroid dienone is 12. The third kappa shape index (κ3) is 20.5. The number of benzene rings is 1. The molecule has 13 heteroatoms. The van der Waals surface area contributed by atoms with Gasteiger partial charge in [-0.05, 0) is 58.8 Å². The molecular formula is C44H60N4O7S2. The van der Waals surface area contributed by atoms with Crippen molar-refractivity contribution in [3.63, 3.8) is 0 Å². The zero-order chi connectivity index (χ0) is 41.7. The summed E-state index contributed by atoms with van der Waals surface area (Å²) in [4.78, 5) is 51.8. The van der Waals surface area contributed by atoms with Gasteiger partial charge in [-0.1, -0.05) is 137 Å². The number of carbonyl (C=O) groups is 4. The van der Waals surface area contributed by atoms with E-state index in [4.69, 9.17) is 10.3 Å². The molecule has 2 rings (SSSR count). The van der Waals surface area contributed by atoms with Crippen LogP contribution < -0.4 is 16.4 Å². The fourth-order valence-corrected chi connectivity index (χ4v) is 8.10. The van der Waals surface area contributed by atoms with Crippen molar-refractivity contribution in [3.05, 3.63) is 115 Å². The molecule has 0 aliphatic heterocycles. The summed E-state index contributed by atoms with van der Waals surface area (Å²) >= 11 is 0. The molecule has 0 aliphatic carbocycles. The Hall–Kier alpha value is -4.43. The predicted octanol–water partition coefficient (Wildman–Crippen LogP) is 7.61. The van der Waals surface area contributed by atoms with Crippen molar-refractivity contribution in [2.75, 3.05) is 19.0 Å². The molecule has 0 radical (unpaired) electrons. The van der Waals surface area contributed by atoms with E-state index in [1.165, 1.54) is 27.7 Å². The fourth-order valence-electron chi connectivity index (χ4n) is 5.17. The van der Waals surface area contributed by atoms with Gasteiger partial charge in [0.1, 0.15) is 11.7 Å². The maximum atomic E-state index is 13.5. The molecule has 2 aromatic rings. The first-order valence-corrected chi connectivity index (χ1v) is 21.7. The highest BCUT2D eigenvalue weighted by atomic mass is 33.1. The molecule has 3 amide bonds. The Labute approximate surface area is 345 Å². The van der Waals surface area contributed by atoms with Crippen molar-refractivity contribution in [1.82, 2.24) is 15.8 Å². The summed E-state index contributed by atoms with van der Waals surface area (Å²) < 4.78 is 4.48. The molecule has 0 saturated heterocycles. The highest BCUT2D eigenvalue weighted by molar-refractivity contribution is 8.77. The molecule has 0 spiro atoms. The molecule has 1 aromatic carbocycles. The Balaban J connectivity index is 1.82. The number of aliphatic hydroxyl groups is 2. The highest BCUT2D eigenvalue weighted by Crippen LogP contribution is 2.43. The zero-order valence-electron chi connectivity index (χ0n) is 33.4. The van der Waals surface area contributed by atoms with Gasteiger partial charge in [0.05, 0.1) is 25.2 Å². The highest BCUT2D eigenvalue weighted by Gasteiger charge is 2.39. The molecule has 11 nitrogen and oxygen atoms in total. The van der Waals surface area contributed by atoms with Gasteiger partial charge in [-0.15, -0.1) is 0 Å². The smallest absolute Gasteiger partial charge is 0.240 e. The van der Waals surface area contributed by atoms with Gasteiger partial charge in [-0.2, -0.15) is 0 Å². The van der Waals surface area contributed by atoms with Crippen molar-refractivity contribution in [2.45, 2.75) is 95.4 Å². The fraction of sp³-hybridized carbons (Fsp3) is 0.432. The molecule has 0 saturated carbocycles. The van der Waals surface area contributed by atoms with Crippen molar-refractivity contribution in [1.29, 1.82) is 0 Å². The molecule has 2 atom stereocenters. The molecule has 57 heavy (non-hydrogen) atoms. The summed E-state index contributed by atoms with van der Waals surface area (Å²) in [6.45, 7) is 4.70. The van der Waals surface area contributed by atoms with Crippen LogP contribution in [0.4, 0.5) is 0 Å². The van der Waals surface area contributed by atoms with Crippen LogP contribution in [0.5, 0.6) is 0 Å². The van der Waals surface area contributed by atoms with Crippen LogP contribution >= 0.6 is 21.6 Å². The first-order valence-electron chi connectivity index (χ1n) is 19.4. The third-order valence-corrected chi connectivity index (χ3v) is 11.9. The van der Waals surface area contributed by atoms with Crippen LogP contribution in [-0.4, -0.2) is 74.7 Å². The minimum Gasteiger partial charge on any atom is -0.394 e. The molecule has 0 bridgehead atoms. The van der Waals surface area contributed by atoms with Gasteiger partial charge in [0.25, 0.3) is 0 Å². The third-order valence-electron chi connectivity index (χ3n) is 8.51. The lowest BCUT2D eigenvalue weighted by Gasteiger charge is -2.33. The minimum atomic E-state index is -0.954. The monoisotopic (exact) mass is 820 g/mol. The van der Waals surface area contributed by atoms with Crippen molar-refractivity contribution < 1.29 is 33.9 Å². The Bertz CT molecular complexity index is 1680. The normalized spacial score (nSPS) is 13.6. The minimum absolute atomic E-state index is 0.0569. The van der Waals surface area contributed by atoms with E-state index < -0.39 is 53.6 Å². The molecular weight excluding hydrogens is 761 g/mol. The molecule has 0 unspecified atom stereocenters. The maximum absolute atomic E-state index is 13.5. The van der Waals surface area contributed by atoms with Gasteiger partial charge in [-0.25, -0.2) is 0 Å². The van der Waals surface area contributed by atoms with Crippen molar-refractivity contribution in [2.24, 2.45) is 11.7 Å². The van der Waals surface area contributed by atoms with E-state index in [1.54, 1.807) is 13.8 Å². The van der Waals surface area contributed by atoms with Gasteiger partial charge in [0, 0.05) is 35.0 Å². The Morgan fingerprint density at radius 2 is 1.37 bits per heavy atom. The number of Topliss-reactive ketones (excluding diaryl/α,β-unsaturated/α-hetero) is 1. The molecule has 1 aromatic heterocycles. The number of ketones is 1. The summed E-state index contributed by atoms with van der Waals surface area (Å²) in [6, 6.07) is 8.81. The first kappa shape index (κ1) is 48.7. The molecule has 310 valence electrons. The molecule has 1 heterocycles. The number of rotatable bonds is 29. The zero-order valence-corrected chi connectivity index (χ0v) is 35.0. The predicted molar refractivity (Wildman–Crippen MR) is 233 cm³/mol. The average Bonchev–Trinajstić information content (AvgIpc) is 3.70. The lowest BCUT2D eigenvalue weighted by molar-refractivity contribution is -0.127. The second-order valence-corrected chi connectivity index (χ2v) is 16.6. The lowest BCUT2D eigenvalue weighted by Crippen LogP contribution is -2.48. The number of nitrogens with one attached hydrogen (secondary N) is 2. The molecule has 0 fully saturated rings. The second kappa shape index (κ2) is 28.9. The number of hydrogen-bond acceptors (Lipinski definition) is 10. The number of aliphatic hydroxyl groups excluding tert-OH is 2. The lowest BCUT2D eigenvalue weighted by atomic mass is 9.88. The Morgan fingerprint density at radius 1 is 0.825 bits per heavy atom. The van der Waals surface area contributed by atoms with E-state index in [2.05, 4.69) is 83.5 Å². The van der Waals surface area contributed by atoms with Crippen LogP contribution in [0.2, 0.25) is 0 Å². The standard InChI is InChI=1S/C44H60N4O7S2/c1-4-5-6-7-8-9-10-11-12-13-14-15-16-17-18-19-20-21-25-28-41(52)47-38(42(45)53)33-56-57-44(2,3)36(43(54)46-35(31-49)32-50)29-39(51)37-30-40(55-48-37)34-26-23-22-24-27-34/h5-6,8-9,11-12,14-15,17-18,20-24,26-27,30,35-36,38,49-50H,4,7,10,13,16,19,25,28-29,31-33H2,1-3H3,(H2,45,53)(H,46,54)(H,47,52)/b6-5-,9-8-,12-11-,15-14-,18-17-,21-20-/t36-,38+/m1/s1. The number of nitrogens with zero attached hydrogens (tertiary/aromatic N) is 1. The average molecular weight is 821 g/mol. The van der Waals surface area contributed by atoms with E-state index in [-0.39, 0.29) is 30.2 Å². The maximum Gasteiger partial charge on any atom is 0.240 e. The summed E-state index contributed by atoms with van der Waals surface area (Å²) in [5, 5.41) is 28.4. The molecule has 0 aliphatic rings. The topological polar surface area (TPSA) is 185 Å². The Kier molecular flexibility index (Phi) is 24.7. The van der Waals surface area contributed by atoms with Gasteiger partial charge >= 0.3 is 0 Å². The van der Waals surface area contributed by atoms with Crippen LogP contribution in [0.15, 0.2) is 114 Å². The van der Waals surface area contributed by atoms with Crippen LogP contribution in [0, 0.1) is 5.92 Å². The van der Waals surface area contributed by atoms with Crippen LogP contribution in [0.3, 0.4) is 0 Å². The first-order chi connectivity index (χ1) is 27.5. The number of aromatic nitrogens is 1. The Morgan fingerprint density at radius 3 is 1.89 bits per heavy atom. The van der Waals surface area contributed by atoms with E-state index in [1.807, 2.05) is 42.5 Å². The summed E-state index contributed by atoms with van der Waals surface area (Å²) in [6.07, 6.45) is 31.4. The molecule has 6 N–H and O–H groups in total. The largest absolute Gasteiger partial charge is 0.394 e. The van der Waals surface area contributed by atoms with E-state index in [0.29, 0.717) is 12.2 Å². The van der Waals surface area contributed by atoms with Crippen LogP contribution in [-0.2, 0) is 14.4 Å².